The molecule has 2 rings (SSSR count). The lowest BCUT2D eigenvalue weighted by atomic mass is 10.0. The van der Waals surface area contributed by atoms with E-state index >= 15 is 0 Å². The van der Waals surface area contributed by atoms with Crippen molar-refractivity contribution in [2.75, 3.05) is 7.11 Å². The van der Waals surface area contributed by atoms with Crippen LogP contribution in [0, 0.1) is 0 Å². The van der Waals surface area contributed by atoms with Crippen LogP contribution < -0.4 is 9.47 Å². The number of methoxy groups -OCH3 is 1. The molecule has 4 heteroatoms. The summed E-state index contributed by atoms with van der Waals surface area (Å²) in [5, 5.41) is 10.4. The molecular weight excluding hydrogens is 254 g/mol. The molecule has 1 unspecified atom stereocenters. The molecule has 1 heterocycles. The third-order valence-electron chi connectivity index (χ3n) is 2.86. The van der Waals surface area contributed by atoms with E-state index in [0.29, 0.717) is 11.4 Å². The van der Waals surface area contributed by atoms with Gasteiger partial charge in [0.2, 0.25) is 5.88 Å². The topological polar surface area (TPSA) is 51.6 Å². The molecule has 0 fully saturated rings. The lowest BCUT2D eigenvalue weighted by Gasteiger charge is -2.15. The Balaban J connectivity index is 2.22. The first-order chi connectivity index (χ1) is 9.61. The van der Waals surface area contributed by atoms with Gasteiger partial charge in [-0.05, 0) is 43.7 Å². The van der Waals surface area contributed by atoms with Crippen molar-refractivity contribution in [3.05, 3.63) is 53.7 Å². The fraction of sp³-hybridized carbons (Fsp3) is 0.312. The highest BCUT2D eigenvalue weighted by Gasteiger charge is 2.16. The van der Waals surface area contributed by atoms with Crippen molar-refractivity contribution in [3.63, 3.8) is 0 Å². The van der Waals surface area contributed by atoms with Gasteiger partial charge in [0.25, 0.3) is 0 Å². The Hall–Kier alpha value is -2.07. The van der Waals surface area contributed by atoms with Crippen molar-refractivity contribution < 1.29 is 14.6 Å². The Morgan fingerprint density at radius 3 is 2.40 bits per heavy atom. The Morgan fingerprint density at radius 2 is 1.80 bits per heavy atom. The minimum atomic E-state index is -0.772. The zero-order valence-corrected chi connectivity index (χ0v) is 11.9. The minimum absolute atomic E-state index is 0.129. The molecule has 1 N–H and O–H groups in total. The summed E-state index contributed by atoms with van der Waals surface area (Å²) in [6, 6.07) is 11.0. The summed E-state index contributed by atoms with van der Waals surface area (Å²) in [5.74, 6) is 1.22. The number of benzene rings is 1. The second-order valence-electron chi connectivity index (χ2n) is 4.74. The highest BCUT2D eigenvalue weighted by atomic mass is 16.5. The van der Waals surface area contributed by atoms with Crippen LogP contribution in [0.15, 0.2) is 42.6 Å². The first kappa shape index (κ1) is 14.3. The highest BCUT2D eigenvalue weighted by Crippen LogP contribution is 2.29. The first-order valence-electron chi connectivity index (χ1n) is 6.55. The van der Waals surface area contributed by atoms with Gasteiger partial charge in [-0.3, -0.25) is 0 Å². The van der Waals surface area contributed by atoms with Crippen molar-refractivity contribution >= 4 is 0 Å². The van der Waals surface area contributed by atoms with Gasteiger partial charge < -0.3 is 14.6 Å². The zero-order valence-electron chi connectivity index (χ0n) is 11.9. The molecule has 0 saturated carbocycles. The van der Waals surface area contributed by atoms with Crippen LogP contribution in [0.5, 0.6) is 11.6 Å². The molecule has 1 aromatic heterocycles. The van der Waals surface area contributed by atoms with Gasteiger partial charge in [-0.25, -0.2) is 4.98 Å². The Kier molecular flexibility index (Phi) is 4.58. The maximum absolute atomic E-state index is 10.4. The van der Waals surface area contributed by atoms with Crippen LogP contribution in [0.2, 0.25) is 0 Å². The van der Waals surface area contributed by atoms with E-state index in [2.05, 4.69) is 4.98 Å². The van der Waals surface area contributed by atoms with Gasteiger partial charge in [0, 0.05) is 11.8 Å². The number of pyridine rings is 1. The number of nitrogens with zero attached hydrogens (tertiary/aromatic N) is 1. The average Bonchev–Trinajstić information content (AvgIpc) is 2.46. The van der Waals surface area contributed by atoms with Gasteiger partial charge in [-0.15, -0.1) is 0 Å². The SMILES string of the molecule is COc1ncccc1C(O)c1ccc(OC(C)C)cc1. The summed E-state index contributed by atoms with van der Waals surface area (Å²) in [5.41, 5.74) is 1.42. The normalized spacial score (nSPS) is 12.2. The summed E-state index contributed by atoms with van der Waals surface area (Å²) < 4.78 is 10.7. The van der Waals surface area contributed by atoms with Crippen molar-refractivity contribution in [2.45, 2.75) is 26.1 Å². The zero-order chi connectivity index (χ0) is 14.5. The molecule has 20 heavy (non-hydrogen) atoms. The van der Waals surface area contributed by atoms with Crippen LogP contribution in [0.1, 0.15) is 31.1 Å². The van der Waals surface area contributed by atoms with Crippen LogP contribution in [0.25, 0.3) is 0 Å². The largest absolute Gasteiger partial charge is 0.491 e. The molecule has 0 aliphatic rings. The number of aliphatic hydroxyl groups excluding tert-OH is 1. The maximum Gasteiger partial charge on any atom is 0.219 e. The van der Waals surface area contributed by atoms with Crippen molar-refractivity contribution in [1.29, 1.82) is 0 Å². The molecule has 0 aliphatic heterocycles. The number of hydrogen-bond donors (Lipinski definition) is 1. The smallest absolute Gasteiger partial charge is 0.219 e. The van der Waals surface area contributed by atoms with E-state index in [1.807, 2.05) is 38.1 Å². The lowest BCUT2D eigenvalue weighted by molar-refractivity contribution is 0.212. The standard InChI is InChI=1S/C16H19NO3/c1-11(2)20-13-8-6-12(7-9-13)15(18)14-5-4-10-17-16(14)19-3/h4-11,15,18H,1-3H3. The van der Waals surface area contributed by atoms with Crippen LogP contribution in [-0.4, -0.2) is 23.3 Å². The molecule has 1 aromatic carbocycles. The molecular formula is C16H19NO3. The number of ether oxygens (including phenoxy) is 2. The number of aromatic nitrogens is 1. The molecule has 0 radical (unpaired) electrons. The first-order valence-corrected chi connectivity index (χ1v) is 6.55. The predicted octanol–water partition coefficient (Wildman–Crippen LogP) is 2.96. The van der Waals surface area contributed by atoms with Crippen LogP contribution in [-0.2, 0) is 0 Å². The van der Waals surface area contributed by atoms with Crippen molar-refractivity contribution in [1.82, 2.24) is 4.98 Å². The van der Waals surface area contributed by atoms with Gasteiger partial charge in [-0.2, -0.15) is 0 Å². The van der Waals surface area contributed by atoms with Crippen molar-refractivity contribution in [3.8, 4) is 11.6 Å². The van der Waals surface area contributed by atoms with Crippen LogP contribution in [0.3, 0.4) is 0 Å². The third-order valence-corrected chi connectivity index (χ3v) is 2.86. The van der Waals surface area contributed by atoms with Gasteiger partial charge >= 0.3 is 0 Å². The summed E-state index contributed by atoms with van der Waals surface area (Å²) in [4.78, 5) is 4.09. The van der Waals surface area contributed by atoms with E-state index in [-0.39, 0.29) is 6.10 Å². The predicted molar refractivity (Wildman–Crippen MR) is 77.1 cm³/mol. The molecule has 106 valence electrons. The van der Waals surface area contributed by atoms with E-state index < -0.39 is 6.10 Å². The lowest BCUT2D eigenvalue weighted by Crippen LogP contribution is -2.06. The number of hydrogen-bond acceptors (Lipinski definition) is 4. The molecule has 0 bridgehead atoms. The monoisotopic (exact) mass is 273 g/mol. The third kappa shape index (κ3) is 3.27. The minimum Gasteiger partial charge on any atom is -0.491 e. The Morgan fingerprint density at radius 1 is 1.10 bits per heavy atom. The quantitative estimate of drug-likeness (QED) is 0.910. The second kappa shape index (κ2) is 6.39. The highest BCUT2D eigenvalue weighted by molar-refractivity contribution is 5.37. The van der Waals surface area contributed by atoms with Gasteiger partial charge in [0.1, 0.15) is 11.9 Å². The fourth-order valence-electron chi connectivity index (χ4n) is 1.96. The van der Waals surface area contributed by atoms with E-state index in [9.17, 15) is 5.11 Å². The van der Waals surface area contributed by atoms with E-state index in [4.69, 9.17) is 9.47 Å². The summed E-state index contributed by atoms with van der Waals surface area (Å²) in [7, 11) is 1.54. The summed E-state index contributed by atoms with van der Waals surface area (Å²) >= 11 is 0. The van der Waals surface area contributed by atoms with E-state index in [0.717, 1.165) is 11.3 Å². The number of aliphatic hydroxyl groups is 1. The summed E-state index contributed by atoms with van der Waals surface area (Å²) in [6.07, 6.45) is 0.991. The maximum atomic E-state index is 10.4. The molecule has 4 nitrogen and oxygen atoms in total. The molecule has 0 amide bonds. The number of rotatable bonds is 5. The Labute approximate surface area is 119 Å². The van der Waals surface area contributed by atoms with Gasteiger partial charge in [0.15, 0.2) is 0 Å². The van der Waals surface area contributed by atoms with E-state index in [1.54, 1.807) is 18.3 Å². The molecule has 0 saturated heterocycles. The summed E-state index contributed by atoms with van der Waals surface area (Å²) in [6.45, 7) is 3.95. The van der Waals surface area contributed by atoms with E-state index in [1.165, 1.54) is 7.11 Å². The molecule has 2 aromatic rings. The van der Waals surface area contributed by atoms with Gasteiger partial charge in [-0.1, -0.05) is 12.1 Å². The molecule has 0 aliphatic carbocycles. The van der Waals surface area contributed by atoms with Crippen molar-refractivity contribution in [2.24, 2.45) is 0 Å². The van der Waals surface area contributed by atoms with Gasteiger partial charge in [0.05, 0.1) is 13.2 Å². The molecule has 0 spiro atoms. The average molecular weight is 273 g/mol. The molecule has 1 atom stereocenters. The second-order valence-corrected chi connectivity index (χ2v) is 4.74. The fourth-order valence-corrected chi connectivity index (χ4v) is 1.96. The Bertz CT molecular complexity index is 552. The van der Waals surface area contributed by atoms with Crippen LogP contribution in [0.4, 0.5) is 0 Å². The van der Waals surface area contributed by atoms with Crippen LogP contribution >= 0.6 is 0 Å².